The number of aromatic nitrogens is 2. The number of aromatic amines is 1. The van der Waals surface area contributed by atoms with Crippen LogP contribution in [-0.4, -0.2) is 60.5 Å². The number of pyridine rings is 1. The Morgan fingerprint density at radius 3 is 2.68 bits per heavy atom. The summed E-state index contributed by atoms with van der Waals surface area (Å²) in [5, 5.41) is 3.14. The summed E-state index contributed by atoms with van der Waals surface area (Å²) in [7, 11) is 2.16. The number of amides is 1. The minimum absolute atomic E-state index is 0.0787. The van der Waals surface area contributed by atoms with E-state index in [1.807, 2.05) is 6.20 Å². The van der Waals surface area contributed by atoms with E-state index in [1.165, 1.54) is 16.7 Å². The largest absolute Gasteiger partial charge is 0.397 e. The van der Waals surface area contributed by atoms with Gasteiger partial charge in [0.15, 0.2) is 0 Å². The molecular formula is C27H30N6O. The number of rotatable bonds is 2. The van der Waals surface area contributed by atoms with Gasteiger partial charge in [-0.25, -0.2) is 0 Å². The summed E-state index contributed by atoms with van der Waals surface area (Å²) in [6, 6.07) is 8.50. The van der Waals surface area contributed by atoms with Gasteiger partial charge in [-0.2, -0.15) is 0 Å². The number of hydrogen-bond acceptors (Lipinski definition) is 5. The molecule has 1 spiro atoms. The van der Waals surface area contributed by atoms with Gasteiger partial charge < -0.3 is 25.8 Å². The fourth-order valence-electron chi connectivity index (χ4n) is 6.05. The van der Waals surface area contributed by atoms with Crippen molar-refractivity contribution in [2.45, 2.75) is 31.1 Å². The molecule has 7 heteroatoms. The third-order valence-corrected chi connectivity index (χ3v) is 8.37. The van der Waals surface area contributed by atoms with E-state index >= 15 is 0 Å². The lowest BCUT2D eigenvalue weighted by atomic mass is 9.86. The van der Waals surface area contributed by atoms with E-state index in [9.17, 15) is 4.79 Å². The summed E-state index contributed by atoms with van der Waals surface area (Å²) in [4.78, 5) is 26.0. The summed E-state index contributed by atoms with van der Waals surface area (Å²) < 4.78 is 0. The minimum atomic E-state index is 0.0787. The fourth-order valence-corrected chi connectivity index (χ4v) is 6.05. The van der Waals surface area contributed by atoms with E-state index in [0.29, 0.717) is 0 Å². The molecule has 0 unspecified atom stereocenters. The SMILES string of the molecule is CN1CCN(c2ccc(-c3cc4c(cn3)CCc3c-4[nH]c4c3C(=O)NCC43CC3)cc2N)CC1. The molecule has 1 amide bonds. The molecule has 2 aromatic heterocycles. The van der Waals surface area contributed by atoms with Gasteiger partial charge in [0.25, 0.3) is 5.91 Å². The standard InChI is InChI=1S/C27H30N6O/c1-32-8-10-33(11-9-32)22-5-3-16(12-20(22)28)21-13-19-17(14-29-21)2-4-18-23-25(31-24(18)19)27(6-7-27)15-30-26(23)34/h3,5,12-14,31H,2,4,6-11,15,28H2,1H3,(H,30,34). The van der Waals surface area contributed by atoms with Crippen molar-refractivity contribution in [2.75, 3.05) is 50.4 Å². The maximum absolute atomic E-state index is 12.8. The second-order valence-electron chi connectivity index (χ2n) is 10.5. The third-order valence-electron chi connectivity index (χ3n) is 8.37. The highest BCUT2D eigenvalue weighted by Crippen LogP contribution is 2.52. The topological polar surface area (TPSA) is 90.3 Å². The first-order valence-electron chi connectivity index (χ1n) is 12.4. The maximum Gasteiger partial charge on any atom is 0.253 e. The van der Waals surface area contributed by atoms with Gasteiger partial charge in [-0.3, -0.25) is 9.78 Å². The van der Waals surface area contributed by atoms with Gasteiger partial charge >= 0.3 is 0 Å². The molecule has 7 rings (SSSR count). The number of piperazine rings is 1. The van der Waals surface area contributed by atoms with Crippen molar-refractivity contribution >= 4 is 17.3 Å². The van der Waals surface area contributed by atoms with Crippen LogP contribution < -0.4 is 16.0 Å². The van der Waals surface area contributed by atoms with Crippen molar-refractivity contribution in [3.05, 3.63) is 52.8 Å². The summed E-state index contributed by atoms with van der Waals surface area (Å²) in [6.07, 6.45) is 6.08. The van der Waals surface area contributed by atoms with E-state index in [4.69, 9.17) is 10.7 Å². The minimum Gasteiger partial charge on any atom is -0.397 e. The second kappa shape index (κ2) is 7.09. The average molecular weight is 455 g/mol. The Labute approximate surface area is 199 Å². The van der Waals surface area contributed by atoms with Crippen LogP contribution in [0.4, 0.5) is 11.4 Å². The number of aryl methyl sites for hydroxylation is 1. The van der Waals surface area contributed by atoms with Gasteiger partial charge in [-0.05, 0) is 62.1 Å². The Morgan fingerprint density at radius 1 is 1.09 bits per heavy atom. The van der Waals surface area contributed by atoms with Crippen LogP contribution >= 0.6 is 0 Å². The fraction of sp³-hybridized carbons (Fsp3) is 0.407. The van der Waals surface area contributed by atoms with Crippen molar-refractivity contribution in [3.63, 3.8) is 0 Å². The number of anilines is 2. The maximum atomic E-state index is 12.8. The Hall–Kier alpha value is -3.32. The number of fused-ring (bicyclic) bond motifs is 6. The third kappa shape index (κ3) is 2.92. The number of carbonyl (C=O) groups is 1. The van der Waals surface area contributed by atoms with Crippen LogP contribution in [-0.2, 0) is 18.3 Å². The van der Waals surface area contributed by atoms with E-state index in [0.717, 1.165) is 98.0 Å². The first-order valence-corrected chi connectivity index (χ1v) is 12.4. The number of nitrogens with one attached hydrogen (secondary N) is 2. The van der Waals surface area contributed by atoms with Crippen molar-refractivity contribution < 1.29 is 4.79 Å². The molecule has 0 atom stereocenters. The molecule has 2 aliphatic heterocycles. The average Bonchev–Trinajstić information content (AvgIpc) is 3.51. The van der Waals surface area contributed by atoms with Crippen LogP contribution in [0.2, 0.25) is 0 Å². The van der Waals surface area contributed by atoms with E-state index in [-0.39, 0.29) is 11.3 Å². The number of carbonyl (C=O) groups excluding carboxylic acids is 1. The van der Waals surface area contributed by atoms with Gasteiger partial charge in [0.05, 0.1) is 28.3 Å². The molecule has 2 aliphatic carbocycles. The zero-order valence-electron chi connectivity index (χ0n) is 19.6. The van der Waals surface area contributed by atoms with E-state index in [2.05, 4.69) is 51.4 Å². The zero-order valence-corrected chi connectivity index (χ0v) is 19.6. The summed E-state index contributed by atoms with van der Waals surface area (Å²) in [5.41, 5.74) is 17.3. The molecule has 1 saturated carbocycles. The first kappa shape index (κ1) is 20.1. The van der Waals surface area contributed by atoms with Gasteiger partial charge in [0.1, 0.15) is 0 Å². The molecule has 4 N–H and O–H groups in total. The van der Waals surface area contributed by atoms with Crippen LogP contribution in [0.5, 0.6) is 0 Å². The Kier molecular flexibility index (Phi) is 4.19. The summed E-state index contributed by atoms with van der Waals surface area (Å²) >= 11 is 0. The van der Waals surface area contributed by atoms with Gasteiger partial charge in [0.2, 0.25) is 0 Å². The lowest BCUT2D eigenvalue weighted by Gasteiger charge is -2.34. The molecule has 1 aromatic carbocycles. The quantitative estimate of drug-likeness (QED) is 0.518. The molecule has 34 heavy (non-hydrogen) atoms. The number of H-pyrrole nitrogens is 1. The normalized spacial score (nSPS) is 20.5. The number of nitrogens with two attached hydrogens (primary N) is 1. The zero-order chi connectivity index (χ0) is 23.0. The number of nitrogens with zero attached hydrogens (tertiary/aromatic N) is 3. The molecule has 0 bridgehead atoms. The predicted octanol–water partition coefficient (Wildman–Crippen LogP) is 2.95. The van der Waals surface area contributed by atoms with Crippen LogP contribution in [0, 0.1) is 0 Å². The molecule has 7 nitrogen and oxygen atoms in total. The molecular weight excluding hydrogens is 424 g/mol. The van der Waals surface area contributed by atoms with Crippen molar-refractivity contribution in [2.24, 2.45) is 0 Å². The van der Waals surface area contributed by atoms with E-state index in [1.54, 1.807) is 0 Å². The van der Waals surface area contributed by atoms with Crippen molar-refractivity contribution in [3.8, 4) is 22.5 Å². The Bertz CT molecular complexity index is 1330. The van der Waals surface area contributed by atoms with Gasteiger partial charge in [-0.1, -0.05) is 6.07 Å². The second-order valence-corrected chi connectivity index (χ2v) is 10.5. The van der Waals surface area contributed by atoms with Crippen molar-refractivity contribution in [1.29, 1.82) is 0 Å². The summed E-state index contributed by atoms with van der Waals surface area (Å²) in [5.74, 6) is 0.0787. The van der Waals surface area contributed by atoms with Crippen LogP contribution in [0.3, 0.4) is 0 Å². The molecule has 4 heterocycles. The molecule has 174 valence electrons. The number of likely N-dealkylation sites (N-methyl/N-ethyl adjacent to an activating group) is 1. The van der Waals surface area contributed by atoms with Crippen LogP contribution in [0.1, 0.15) is 40.0 Å². The highest BCUT2D eigenvalue weighted by atomic mass is 16.1. The van der Waals surface area contributed by atoms with Crippen molar-refractivity contribution in [1.82, 2.24) is 20.2 Å². The highest BCUT2D eigenvalue weighted by molar-refractivity contribution is 6.01. The molecule has 1 saturated heterocycles. The smallest absolute Gasteiger partial charge is 0.253 e. The highest BCUT2D eigenvalue weighted by Gasteiger charge is 2.51. The number of nitrogen functional groups attached to an aromatic ring is 1. The summed E-state index contributed by atoms with van der Waals surface area (Å²) in [6.45, 7) is 4.84. The molecule has 0 radical (unpaired) electrons. The number of hydrogen-bond donors (Lipinski definition) is 3. The van der Waals surface area contributed by atoms with Crippen LogP contribution in [0.15, 0.2) is 30.5 Å². The van der Waals surface area contributed by atoms with Crippen LogP contribution in [0.25, 0.3) is 22.5 Å². The molecule has 3 aromatic rings. The Balaban J connectivity index is 1.26. The monoisotopic (exact) mass is 454 g/mol. The first-order chi connectivity index (χ1) is 16.5. The number of benzene rings is 1. The van der Waals surface area contributed by atoms with Gasteiger partial charge in [0, 0.05) is 61.2 Å². The predicted molar refractivity (Wildman–Crippen MR) is 134 cm³/mol. The molecule has 2 fully saturated rings. The van der Waals surface area contributed by atoms with E-state index < -0.39 is 0 Å². The Morgan fingerprint density at radius 2 is 1.91 bits per heavy atom. The molecule has 4 aliphatic rings. The lowest BCUT2D eigenvalue weighted by Crippen LogP contribution is -2.44. The van der Waals surface area contributed by atoms with Gasteiger partial charge in [-0.15, -0.1) is 0 Å². The lowest BCUT2D eigenvalue weighted by molar-refractivity contribution is 0.0936.